The van der Waals surface area contributed by atoms with Crippen LogP contribution in [-0.4, -0.2) is 153 Å². The van der Waals surface area contributed by atoms with Crippen LogP contribution < -0.4 is 28.1 Å². The lowest BCUT2D eigenvalue weighted by Gasteiger charge is -2.19. The minimum Gasteiger partial charge on any atom is -0.741 e. The fraction of sp³-hybridized carbons (Fsp3) is 0.500. The first-order chi connectivity index (χ1) is 45.1. The highest BCUT2D eigenvalue weighted by atomic mass is 32.2. The molecule has 1 aliphatic heterocycles. The fourth-order valence-electron chi connectivity index (χ4n) is 7.99. The van der Waals surface area contributed by atoms with Crippen molar-refractivity contribution in [2.24, 2.45) is 0 Å². The molecule has 5 heterocycles. The maximum atomic E-state index is 10.7. The Kier molecular flexibility index (Phi) is 37.4. The van der Waals surface area contributed by atoms with Crippen molar-refractivity contribution < 1.29 is 118 Å². The third-order valence-electron chi connectivity index (χ3n) is 12.6. The Morgan fingerprint density at radius 2 is 0.606 bits per heavy atom. The van der Waals surface area contributed by atoms with E-state index in [0.29, 0.717) is 155 Å². The number of hydrogen-bond donors (Lipinski definition) is 0. The molecule has 2 aromatic carbocycles. The first-order valence-corrected chi connectivity index (χ1v) is 33.2. The van der Waals surface area contributed by atoms with Gasteiger partial charge in [-0.15, -0.1) is 0 Å². The van der Waals surface area contributed by atoms with E-state index in [2.05, 4.69) is 95.8 Å². The van der Waals surface area contributed by atoms with Gasteiger partial charge in [0.25, 0.3) is 0 Å². The molecule has 0 amide bonds. The van der Waals surface area contributed by atoms with Crippen molar-refractivity contribution in [2.75, 3.05) is 106 Å². The smallest absolute Gasteiger partial charge is 0.485 e. The molecule has 0 spiro atoms. The largest absolute Gasteiger partial charge is 0.741 e. The van der Waals surface area contributed by atoms with Crippen molar-refractivity contribution in [2.45, 2.75) is 104 Å². The summed E-state index contributed by atoms with van der Waals surface area (Å²) in [6.07, 6.45) is 19.6. The lowest BCUT2D eigenvalue weighted by molar-refractivity contribution is -0.778. The van der Waals surface area contributed by atoms with Gasteiger partial charge in [-0.25, -0.2) is 16.8 Å². The Hall–Kier alpha value is -6.68. The van der Waals surface area contributed by atoms with Gasteiger partial charge in [0.1, 0.15) is 26.4 Å². The van der Waals surface area contributed by atoms with Gasteiger partial charge in [-0.05, 0) is 119 Å². The average Bonchev–Trinajstić information content (AvgIpc) is 0.859. The number of pyridine rings is 4. The lowest BCUT2D eigenvalue weighted by Crippen LogP contribution is -2.43. The number of ether oxygens (including phenoxy) is 12. The molecule has 30 heteroatoms. The number of alkyl halides is 6. The molecule has 0 bridgehead atoms. The number of nitrogens with zero attached hydrogens (tertiary/aromatic N) is 4. The zero-order valence-electron chi connectivity index (χ0n) is 53.2. The van der Waals surface area contributed by atoms with Crippen LogP contribution in [0.15, 0.2) is 122 Å². The molecule has 22 nitrogen and oxygen atoms in total. The zero-order chi connectivity index (χ0) is 68.5. The molecule has 0 atom stereocenters. The molecule has 0 radical (unpaired) electrons. The summed E-state index contributed by atoms with van der Waals surface area (Å²) in [6, 6.07) is 24.6. The summed E-state index contributed by atoms with van der Waals surface area (Å²) in [5.41, 5.74) is -2.45. The van der Waals surface area contributed by atoms with Crippen LogP contribution in [-0.2, 0) is 97.6 Å². The number of aryl methyl sites for hydroxylation is 2. The van der Waals surface area contributed by atoms with Gasteiger partial charge >= 0.3 is 11.0 Å². The molecule has 6 aromatic rings. The van der Waals surface area contributed by atoms with Gasteiger partial charge in [0.15, 0.2) is 68.0 Å². The summed E-state index contributed by atoms with van der Waals surface area (Å²) in [5.74, 6) is 2.52. The molecule has 0 saturated heterocycles. The van der Waals surface area contributed by atoms with Crippen molar-refractivity contribution in [3.63, 3.8) is 0 Å². The second kappa shape index (κ2) is 44.1. The molecule has 0 saturated carbocycles. The average molecular weight is 1380 g/mol. The number of rotatable bonds is 21. The van der Waals surface area contributed by atoms with Gasteiger partial charge in [0, 0.05) is 75.5 Å². The van der Waals surface area contributed by atoms with Crippen molar-refractivity contribution in [1.29, 1.82) is 0 Å². The topological polar surface area (TPSA) is 259 Å². The maximum absolute atomic E-state index is 10.7. The standard InChI is InChI=1S/C40H64O12.C22H20N4.2CHF3O3S/c1-5-9-45-29-33-25-37-38(26-34(33)30-46-10-6-2)50-22-18-42-15-16-44-20-24-52-40-28-36(32-48-12-8-4)35(31-47-11-7-3)27-39(40)51-23-19-43-14-13-41-17-21-49-37;1-9-23-10-2-19(1)21-5-13-25(14-6-21)17-18-26-15-7-22(8-16-26)20-3-11-24-12-4-20;2*2-1(3,4)8(5,6)7/h25-28H,5-24,29-32H2,1-4H3;1-16H,17-18H2;2*(H,5,6,7)/q;+2;;/p-2. The number of fused-ring (bicyclic) bond motifs is 2. The van der Waals surface area contributed by atoms with Crippen LogP contribution in [0.4, 0.5) is 26.3 Å². The molecule has 0 unspecified atom stereocenters. The number of benzene rings is 2. The number of aromatic nitrogens is 4. The summed E-state index contributed by atoms with van der Waals surface area (Å²) in [5, 5.41) is 0. The van der Waals surface area contributed by atoms with Crippen molar-refractivity contribution in [1.82, 2.24) is 9.97 Å². The quantitative estimate of drug-likeness (QED) is 0.0213. The molecule has 0 fully saturated rings. The number of halogens is 6. The molecule has 94 heavy (non-hydrogen) atoms. The predicted octanol–water partition coefficient (Wildman–Crippen LogP) is 9.88. The SMILES string of the molecule is CCCOCc1cc2c(cc1COCCC)OCCOCCOCCOc1cc(COCCC)c(COCCC)cc1OCCOCCOCCO2.O=S(=O)([O-])C(F)(F)F.O=S(=O)([O-])C(F)(F)F.c1cc(-c2cc[n+](CC[n+]3ccc(-c4ccncc4)cc3)cc2)ccn1. The molecule has 1 aliphatic rings. The van der Waals surface area contributed by atoms with Gasteiger partial charge in [-0.1, -0.05) is 27.7 Å². The Bertz CT molecular complexity index is 2950. The molecule has 0 N–H and O–H groups in total. The first-order valence-electron chi connectivity index (χ1n) is 30.4. The Morgan fingerprint density at radius 3 is 0.819 bits per heavy atom. The van der Waals surface area contributed by atoms with E-state index < -0.39 is 31.3 Å². The van der Waals surface area contributed by atoms with Gasteiger partial charge < -0.3 is 65.9 Å². The summed E-state index contributed by atoms with van der Waals surface area (Å²) in [7, 11) is -12.2. The lowest BCUT2D eigenvalue weighted by atomic mass is 10.1. The number of hydrogen-bond acceptors (Lipinski definition) is 20. The van der Waals surface area contributed by atoms with E-state index in [4.69, 9.17) is 82.8 Å². The third kappa shape index (κ3) is 31.7. The summed E-state index contributed by atoms with van der Waals surface area (Å²) in [4.78, 5) is 8.13. The van der Waals surface area contributed by atoms with Crippen LogP contribution in [0.3, 0.4) is 0 Å². The molecule has 0 aliphatic carbocycles. The van der Waals surface area contributed by atoms with Crippen LogP contribution >= 0.6 is 0 Å². The van der Waals surface area contributed by atoms with E-state index in [1.807, 2.05) is 73.3 Å². The van der Waals surface area contributed by atoms with Crippen molar-refractivity contribution >= 4 is 20.2 Å². The van der Waals surface area contributed by atoms with Crippen LogP contribution in [0.1, 0.15) is 75.6 Å². The van der Waals surface area contributed by atoms with E-state index >= 15 is 0 Å². The third-order valence-corrected chi connectivity index (χ3v) is 13.8. The van der Waals surface area contributed by atoms with Crippen molar-refractivity contribution in [3.8, 4) is 45.3 Å². The van der Waals surface area contributed by atoms with E-state index in [0.717, 1.165) is 61.0 Å². The minimum atomic E-state index is -6.09. The van der Waals surface area contributed by atoms with Gasteiger partial charge in [0.05, 0.1) is 79.3 Å². The van der Waals surface area contributed by atoms with Gasteiger partial charge in [-0.3, -0.25) is 9.97 Å². The summed E-state index contributed by atoms with van der Waals surface area (Å²) < 4.78 is 194. The fourth-order valence-corrected chi connectivity index (χ4v) is 7.99. The van der Waals surface area contributed by atoms with Crippen molar-refractivity contribution in [3.05, 3.63) is 145 Å². The van der Waals surface area contributed by atoms with Gasteiger partial charge in [-0.2, -0.15) is 35.5 Å². The minimum absolute atomic E-state index is 0.348. The zero-order valence-corrected chi connectivity index (χ0v) is 54.8. The normalized spacial score (nSPS) is 14.1. The van der Waals surface area contributed by atoms with Crippen LogP contribution in [0.5, 0.6) is 23.0 Å². The molecular formula is C64H84F6N4O18S2. The monoisotopic (exact) mass is 1370 g/mol. The van der Waals surface area contributed by atoms with Crippen LogP contribution in [0.2, 0.25) is 0 Å². The highest BCUT2D eigenvalue weighted by molar-refractivity contribution is 7.86. The second-order valence-electron chi connectivity index (χ2n) is 20.1. The Morgan fingerprint density at radius 1 is 0.394 bits per heavy atom. The maximum Gasteiger partial charge on any atom is 0.485 e. The molecule has 522 valence electrons. The first kappa shape index (κ1) is 79.8. The second-order valence-corrected chi connectivity index (χ2v) is 22.9. The predicted molar refractivity (Wildman–Crippen MR) is 329 cm³/mol. The molecular weight excluding hydrogens is 1290 g/mol. The molecule has 4 aromatic heterocycles. The highest BCUT2D eigenvalue weighted by Gasteiger charge is 2.37. The highest BCUT2D eigenvalue weighted by Crippen LogP contribution is 2.34. The van der Waals surface area contributed by atoms with E-state index in [9.17, 15) is 26.3 Å². The van der Waals surface area contributed by atoms with E-state index in [-0.39, 0.29) is 0 Å². The van der Waals surface area contributed by atoms with E-state index in [1.54, 1.807) is 0 Å². The summed E-state index contributed by atoms with van der Waals surface area (Å²) >= 11 is 0. The van der Waals surface area contributed by atoms with E-state index in [1.165, 1.54) is 22.3 Å². The Balaban J connectivity index is 0.000000364. The summed E-state index contributed by atoms with van der Waals surface area (Å²) in [6.45, 7) is 19.5. The Labute approximate surface area is 545 Å². The van der Waals surface area contributed by atoms with Crippen LogP contribution in [0, 0.1) is 0 Å². The molecule has 7 rings (SSSR count). The van der Waals surface area contributed by atoms with Crippen LogP contribution in [0.25, 0.3) is 22.3 Å². The van der Waals surface area contributed by atoms with Gasteiger partial charge in [0.2, 0.25) is 13.1 Å².